The predicted octanol–water partition coefficient (Wildman–Crippen LogP) is 1.82. The highest BCUT2D eigenvalue weighted by Crippen LogP contribution is 2.22. The molecule has 0 radical (unpaired) electrons. The van der Waals surface area contributed by atoms with Gasteiger partial charge in [-0.05, 0) is 35.8 Å². The zero-order valence-electron chi connectivity index (χ0n) is 11.0. The minimum absolute atomic E-state index is 0.248. The lowest BCUT2D eigenvalue weighted by Crippen LogP contribution is -2.29. The molecule has 7 heteroatoms. The molecule has 21 heavy (non-hydrogen) atoms. The van der Waals surface area contributed by atoms with Gasteiger partial charge in [-0.1, -0.05) is 12.1 Å². The van der Waals surface area contributed by atoms with Crippen LogP contribution in [0.3, 0.4) is 0 Å². The quantitative estimate of drug-likeness (QED) is 0.485. The lowest BCUT2D eigenvalue weighted by atomic mass is 9.80. The van der Waals surface area contributed by atoms with Crippen molar-refractivity contribution in [3.05, 3.63) is 54.1 Å². The molecule has 0 aliphatic carbocycles. The van der Waals surface area contributed by atoms with Gasteiger partial charge in [0.2, 0.25) is 0 Å². The predicted molar refractivity (Wildman–Crippen MR) is 78.8 cm³/mol. The van der Waals surface area contributed by atoms with Crippen molar-refractivity contribution in [2.45, 2.75) is 4.90 Å². The summed E-state index contributed by atoms with van der Waals surface area (Å²) in [4.78, 5) is 0.248. The Bertz CT molecular complexity index is 593. The highest BCUT2D eigenvalue weighted by Gasteiger charge is 2.10. The minimum Gasteiger partial charge on any atom is -0.493 e. The SMILES string of the molecule is OB(O)c1ccc(OCCSc2cc(F)ccc2F)cc1. The van der Waals surface area contributed by atoms with Gasteiger partial charge in [0.1, 0.15) is 17.4 Å². The molecule has 0 spiro atoms. The van der Waals surface area contributed by atoms with E-state index in [0.717, 1.165) is 18.2 Å². The second kappa shape index (κ2) is 7.45. The van der Waals surface area contributed by atoms with Crippen LogP contribution < -0.4 is 10.2 Å². The van der Waals surface area contributed by atoms with Crippen molar-refractivity contribution in [3.8, 4) is 5.75 Å². The Kier molecular flexibility index (Phi) is 5.61. The molecule has 0 fully saturated rings. The summed E-state index contributed by atoms with van der Waals surface area (Å²) in [6.07, 6.45) is 0. The van der Waals surface area contributed by atoms with Crippen LogP contribution in [0.4, 0.5) is 8.78 Å². The Morgan fingerprint density at radius 2 is 1.76 bits per heavy atom. The average molecular weight is 310 g/mol. The van der Waals surface area contributed by atoms with Gasteiger partial charge in [0.15, 0.2) is 0 Å². The second-order valence-electron chi connectivity index (χ2n) is 4.21. The summed E-state index contributed by atoms with van der Waals surface area (Å²) < 4.78 is 31.8. The van der Waals surface area contributed by atoms with Crippen molar-refractivity contribution in [1.82, 2.24) is 0 Å². The Morgan fingerprint density at radius 3 is 2.43 bits per heavy atom. The highest BCUT2D eigenvalue weighted by atomic mass is 32.2. The number of rotatable bonds is 6. The maximum Gasteiger partial charge on any atom is 0.488 e. The third-order valence-electron chi connectivity index (χ3n) is 2.68. The molecular formula is C14H13BF2O3S. The minimum atomic E-state index is -1.51. The first-order valence-electron chi connectivity index (χ1n) is 6.23. The molecule has 0 bridgehead atoms. The average Bonchev–Trinajstić information content (AvgIpc) is 2.47. The van der Waals surface area contributed by atoms with Crippen LogP contribution in [0.15, 0.2) is 47.4 Å². The third-order valence-corrected chi connectivity index (χ3v) is 3.68. The molecule has 0 saturated heterocycles. The van der Waals surface area contributed by atoms with Gasteiger partial charge in [0.05, 0.1) is 6.61 Å². The van der Waals surface area contributed by atoms with Crippen molar-refractivity contribution in [3.63, 3.8) is 0 Å². The molecule has 2 aromatic rings. The molecule has 0 aliphatic rings. The summed E-state index contributed by atoms with van der Waals surface area (Å²) in [5.41, 5.74) is 0.374. The van der Waals surface area contributed by atoms with E-state index in [1.165, 1.54) is 11.8 Å². The molecule has 0 amide bonds. The maximum absolute atomic E-state index is 13.4. The van der Waals surface area contributed by atoms with Gasteiger partial charge in [-0.15, -0.1) is 11.8 Å². The van der Waals surface area contributed by atoms with Gasteiger partial charge in [-0.3, -0.25) is 0 Å². The van der Waals surface area contributed by atoms with E-state index in [-0.39, 0.29) is 4.90 Å². The molecule has 0 saturated carbocycles. The molecular weight excluding hydrogens is 297 g/mol. The Morgan fingerprint density at radius 1 is 1.05 bits per heavy atom. The first-order valence-corrected chi connectivity index (χ1v) is 7.21. The maximum atomic E-state index is 13.4. The van der Waals surface area contributed by atoms with Gasteiger partial charge in [-0.2, -0.15) is 0 Å². The fourth-order valence-corrected chi connectivity index (χ4v) is 2.42. The van der Waals surface area contributed by atoms with E-state index in [1.807, 2.05) is 0 Å². The summed E-state index contributed by atoms with van der Waals surface area (Å²) in [5, 5.41) is 17.9. The summed E-state index contributed by atoms with van der Waals surface area (Å²) in [6.45, 7) is 0.321. The van der Waals surface area contributed by atoms with Crippen LogP contribution in [0.2, 0.25) is 0 Å². The summed E-state index contributed by atoms with van der Waals surface area (Å²) in [6, 6.07) is 9.63. The van der Waals surface area contributed by atoms with Gasteiger partial charge >= 0.3 is 7.12 Å². The fraction of sp³-hybridized carbons (Fsp3) is 0.143. The molecule has 2 N–H and O–H groups in total. The topological polar surface area (TPSA) is 49.7 Å². The van der Waals surface area contributed by atoms with Gasteiger partial charge < -0.3 is 14.8 Å². The Balaban J connectivity index is 1.80. The number of ether oxygens (including phenoxy) is 1. The summed E-state index contributed by atoms with van der Waals surface area (Å²) in [5.74, 6) is 0.102. The molecule has 3 nitrogen and oxygen atoms in total. The fourth-order valence-electron chi connectivity index (χ4n) is 1.64. The van der Waals surface area contributed by atoms with Gasteiger partial charge in [0, 0.05) is 10.6 Å². The molecule has 0 unspecified atom stereocenters. The van der Waals surface area contributed by atoms with E-state index in [9.17, 15) is 8.78 Å². The molecule has 2 aromatic carbocycles. The number of hydrogen-bond acceptors (Lipinski definition) is 4. The van der Waals surface area contributed by atoms with E-state index in [1.54, 1.807) is 24.3 Å². The van der Waals surface area contributed by atoms with Crippen molar-refractivity contribution in [2.24, 2.45) is 0 Å². The Labute approximate surface area is 125 Å². The van der Waals surface area contributed by atoms with E-state index in [0.29, 0.717) is 23.6 Å². The first kappa shape index (κ1) is 15.8. The van der Waals surface area contributed by atoms with Crippen LogP contribution in [0, 0.1) is 11.6 Å². The van der Waals surface area contributed by atoms with E-state index >= 15 is 0 Å². The van der Waals surface area contributed by atoms with Crippen LogP contribution in [-0.2, 0) is 0 Å². The van der Waals surface area contributed by atoms with Crippen molar-refractivity contribution in [1.29, 1.82) is 0 Å². The lowest BCUT2D eigenvalue weighted by Gasteiger charge is -2.07. The van der Waals surface area contributed by atoms with Crippen LogP contribution >= 0.6 is 11.8 Å². The summed E-state index contributed by atoms with van der Waals surface area (Å²) >= 11 is 1.17. The smallest absolute Gasteiger partial charge is 0.488 e. The van der Waals surface area contributed by atoms with Crippen LogP contribution in [0.1, 0.15) is 0 Å². The molecule has 0 atom stereocenters. The zero-order chi connectivity index (χ0) is 15.2. The highest BCUT2D eigenvalue weighted by molar-refractivity contribution is 7.99. The van der Waals surface area contributed by atoms with Gasteiger partial charge in [0.25, 0.3) is 0 Å². The zero-order valence-corrected chi connectivity index (χ0v) is 11.8. The third kappa shape index (κ3) is 4.73. The van der Waals surface area contributed by atoms with E-state index in [2.05, 4.69) is 0 Å². The van der Waals surface area contributed by atoms with Crippen LogP contribution in [0.5, 0.6) is 5.75 Å². The van der Waals surface area contributed by atoms with Crippen molar-refractivity contribution in [2.75, 3.05) is 12.4 Å². The number of benzene rings is 2. The van der Waals surface area contributed by atoms with Gasteiger partial charge in [-0.25, -0.2) is 8.78 Å². The molecule has 110 valence electrons. The van der Waals surface area contributed by atoms with Crippen molar-refractivity contribution < 1.29 is 23.6 Å². The number of halogens is 2. The van der Waals surface area contributed by atoms with Crippen LogP contribution in [0.25, 0.3) is 0 Å². The number of hydrogen-bond donors (Lipinski definition) is 2. The van der Waals surface area contributed by atoms with E-state index in [4.69, 9.17) is 14.8 Å². The standard InChI is InChI=1S/C14H13BF2O3S/c16-11-3-6-13(17)14(9-11)21-8-7-20-12-4-1-10(2-5-12)15(18)19/h1-6,9,18-19H,7-8H2. The molecule has 0 aromatic heterocycles. The largest absolute Gasteiger partial charge is 0.493 e. The number of thioether (sulfide) groups is 1. The lowest BCUT2D eigenvalue weighted by molar-refractivity contribution is 0.344. The molecule has 0 heterocycles. The molecule has 0 aliphatic heterocycles. The monoisotopic (exact) mass is 310 g/mol. The Hall–Kier alpha value is -1.57. The second-order valence-corrected chi connectivity index (χ2v) is 5.35. The molecule has 2 rings (SSSR count). The summed E-state index contributed by atoms with van der Waals surface area (Å²) in [7, 11) is -1.51. The van der Waals surface area contributed by atoms with Crippen LogP contribution in [-0.4, -0.2) is 29.5 Å². The van der Waals surface area contributed by atoms with E-state index < -0.39 is 18.8 Å². The normalized spacial score (nSPS) is 10.5. The van der Waals surface area contributed by atoms with Crippen molar-refractivity contribution >= 4 is 24.3 Å². The first-order chi connectivity index (χ1) is 10.1.